The summed E-state index contributed by atoms with van der Waals surface area (Å²) < 4.78 is 5.52. The monoisotopic (exact) mass is 277 g/mol. The molecule has 0 radical (unpaired) electrons. The molecule has 0 aliphatic rings. The summed E-state index contributed by atoms with van der Waals surface area (Å²) in [6.45, 7) is 8.03. The first kappa shape index (κ1) is 18.2. The maximum absolute atomic E-state index is 9.69. The normalized spacial score (nSPS) is 13.8. The fourth-order valence-corrected chi connectivity index (χ4v) is 2.02. The van der Waals surface area contributed by atoms with Crippen LogP contribution in [0.15, 0.2) is 0 Å². The minimum Gasteiger partial charge on any atom is -0.389 e. The third-order valence-electron chi connectivity index (χ3n) is 2.54. The molecule has 0 fully saturated rings. The van der Waals surface area contributed by atoms with Gasteiger partial charge in [0.1, 0.15) is 0 Å². The van der Waals surface area contributed by atoms with E-state index in [0.29, 0.717) is 13.2 Å². The van der Waals surface area contributed by atoms with Crippen LogP contribution in [0.25, 0.3) is 0 Å². The van der Waals surface area contributed by atoms with Crippen molar-refractivity contribution in [2.24, 2.45) is 0 Å². The summed E-state index contributed by atoms with van der Waals surface area (Å²) in [5.41, 5.74) is -0.168. The van der Waals surface area contributed by atoms with E-state index in [1.807, 2.05) is 32.5 Å². The Morgan fingerprint density at radius 3 is 2.44 bits per heavy atom. The molecule has 4 heteroatoms. The van der Waals surface area contributed by atoms with E-state index in [2.05, 4.69) is 11.6 Å². The Balaban J connectivity index is 3.23. The molecule has 1 unspecified atom stereocenters. The molecule has 110 valence electrons. The summed E-state index contributed by atoms with van der Waals surface area (Å²) in [6, 6.07) is 0. The maximum atomic E-state index is 9.69. The van der Waals surface area contributed by atoms with Gasteiger partial charge in [0.25, 0.3) is 0 Å². The van der Waals surface area contributed by atoms with Crippen LogP contribution in [0.4, 0.5) is 0 Å². The van der Waals surface area contributed by atoms with Gasteiger partial charge in [-0.05, 0) is 52.2 Å². The molecule has 3 nitrogen and oxygen atoms in total. The zero-order chi connectivity index (χ0) is 13.9. The topological polar surface area (TPSA) is 41.5 Å². The van der Waals surface area contributed by atoms with Gasteiger partial charge in [-0.25, -0.2) is 0 Å². The Kier molecular flexibility index (Phi) is 11.2. The van der Waals surface area contributed by atoms with Crippen molar-refractivity contribution in [2.45, 2.75) is 58.2 Å². The van der Waals surface area contributed by atoms with E-state index in [-0.39, 0.29) is 5.60 Å². The second-order valence-electron chi connectivity index (χ2n) is 5.69. The zero-order valence-electron chi connectivity index (χ0n) is 12.5. The average Bonchev–Trinajstić information content (AvgIpc) is 2.29. The van der Waals surface area contributed by atoms with Gasteiger partial charge in [0, 0.05) is 6.54 Å². The average molecular weight is 277 g/mol. The number of hydrogen-bond donors (Lipinski definition) is 2. The van der Waals surface area contributed by atoms with Crippen LogP contribution in [0.2, 0.25) is 0 Å². The highest BCUT2D eigenvalue weighted by atomic mass is 32.2. The summed E-state index contributed by atoms with van der Waals surface area (Å²) in [5.74, 6) is 1.27. The van der Waals surface area contributed by atoms with E-state index in [0.717, 1.165) is 6.54 Å². The standard InChI is InChI=1S/C14H31NO2S/c1-14(2,3)17-12-13(16)11-15-9-7-5-6-8-10-18-4/h13,15-16H,5-12H2,1-4H3. The van der Waals surface area contributed by atoms with E-state index >= 15 is 0 Å². The number of aliphatic hydroxyl groups excluding tert-OH is 1. The molecule has 1 atom stereocenters. The lowest BCUT2D eigenvalue weighted by atomic mass is 10.2. The van der Waals surface area contributed by atoms with Crippen LogP contribution in [-0.4, -0.2) is 48.5 Å². The second-order valence-corrected chi connectivity index (χ2v) is 6.67. The number of unbranched alkanes of at least 4 members (excludes halogenated alkanes) is 3. The molecule has 0 aromatic heterocycles. The van der Waals surface area contributed by atoms with Gasteiger partial charge in [0.2, 0.25) is 0 Å². The lowest BCUT2D eigenvalue weighted by molar-refractivity contribution is -0.0478. The molecule has 0 bridgehead atoms. The van der Waals surface area contributed by atoms with Crippen LogP contribution in [0.5, 0.6) is 0 Å². The molecule has 0 heterocycles. The third-order valence-corrected chi connectivity index (χ3v) is 3.24. The molecule has 0 aromatic carbocycles. The first-order chi connectivity index (χ1) is 8.45. The third kappa shape index (κ3) is 14.3. The van der Waals surface area contributed by atoms with Gasteiger partial charge in [0.15, 0.2) is 0 Å². The van der Waals surface area contributed by atoms with Crippen molar-refractivity contribution in [1.82, 2.24) is 5.32 Å². The van der Waals surface area contributed by atoms with Crippen LogP contribution in [-0.2, 0) is 4.74 Å². The molecular formula is C14H31NO2S. The smallest absolute Gasteiger partial charge is 0.0897 e. The van der Waals surface area contributed by atoms with Gasteiger partial charge in [-0.3, -0.25) is 0 Å². The predicted octanol–water partition coefficient (Wildman–Crippen LogP) is 2.68. The lowest BCUT2D eigenvalue weighted by Gasteiger charge is -2.22. The van der Waals surface area contributed by atoms with Crippen molar-refractivity contribution in [3.05, 3.63) is 0 Å². The van der Waals surface area contributed by atoms with Crippen LogP contribution in [0.1, 0.15) is 46.5 Å². The highest BCUT2D eigenvalue weighted by Crippen LogP contribution is 2.07. The van der Waals surface area contributed by atoms with Crippen molar-refractivity contribution < 1.29 is 9.84 Å². The van der Waals surface area contributed by atoms with E-state index in [9.17, 15) is 5.11 Å². The predicted molar refractivity (Wildman–Crippen MR) is 81.4 cm³/mol. The number of hydrogen-bond acceptors (Lipinski definition) is 4. The fraction of sp³-hybridized carbons (Fsp3) is 1.00. The Labute approximate surface area is 117 Å². The van der Waals surface area contributed by atoms with E-state index in [1.165, 1.54) is 31.4 Å². The molecule has 0 saturated carbocycles. The minimum atomic E-state index is -0.402. The Bertz CT molecular complexity index is 183. The molecule has 0 spiro atoms. The summed E-state index contributed by atoms with van der Waals surface area (Å²) in [7, 11) is 0. The molecule has 0 aliphatic heterocycles. The van der Waals surface area contributed by atoms with Crippen molar-refractivity contribution >= 4 is 11.8 Å². The zero-order valence-corrected chi connectivity index (χ0v) is 13.3. The Hall–Kier alpha value is 0.230. The number of rotatable bonds is 11. The van der Waals surface area contributed by atoms with Gasteiger partial charge in [-0.2, -0.15) is 11.8 Å². The van der Waals surface area contributed by atoms with Gasteiger partial charge in [-0.15, -0.1) is 0 Å². The van der Waals surface area contributed by atoms with Gasteiger partial charge in [0.05, 0.1) is 18.3 Å². The Morgan fingerprint density at radius 1 is 1.17 bits per heavy atom. The quantitative estimate of drug-likeness (QED) is 0.570. The molecule has 18 heavy (non-hydrogen) atoms. The molecule has 0 rings (SSSR count). The number of thioether (sulfide) groups is 1. The number of ether oxygens (including phenoxy) is 1. The van der Waals surface area contributed by atoms with Crippen molar-refractivity contribution in [3.63, 3.8) is 0 Å². The number of aliphatic hydroxyl groups is 1. The molecule has 2 N–H and O–H groups in total. The van der Waals surface area contributed by atoms with E-state index in [1.54, 1.807) is 0 Å². The Morgan fingerprint density at radius 2 is 1.83 bits per heavy atom. The maximum Gasteiger partial charge on any atom is 0.0897 e. The van der Waals surface area contributed by atoms with Crippen LogP contribution in [0.3, 0.4) is 0 Å². The summed E-state index contributed by atoms with van der Waals surface area (Å²) in [5, 5.41) is 13.0. The minimum absolute atomic E-state index is 0.168. The largest absolute Gasteiger partial charge is 0.389 e. The van der Waals surface area contributed by atoms with Crippen LogP contribution < -0.4 is 5.32 Å². The van der Waals surface area contributed by atoms with Crippen LogP contribution in [0, 0.1) is 0 Å². The second kappa shape index (κ2) is 11.1. The SMILES string of the molecule is CSCCCCCCNCC(O)COC(C)(C)C. The van der Waals surface area contributed by atoms with Crippen molar-refractivity contribution in [3.8, 4) is 0 Å². The lowest BCUT2D eigenvalue weighted by Crippen LogP contribution is -2.34. The van der Waals surface area contributed by atoms with E-state index in [4.69, 9.17) is 4.74 Å². The summed E-state index contributed by atoms with van der Waals surface area (Å²) in [4.78, 5) is 0. The van der Waals surface area contributed by atoms with Gasteiger partial charge < -0.3 is 15.2 Å². The molecular weight excluding hydrogens is 246 g/mol. The highest BCUT2D eigenvalue weighted by molar-refractivity contribution is 7.98. The van der Waals surface area contributed by atoms with Gasteiger partial charge in [-0.1, -0.05) is 12.8 Å². The summed E-state index contributed by atoms with van der Waals surface area (Å²) in [6.07, 6.45) is 6.87. The molecule has 0 aliphatic carbocycles. The molecule has 0 saturated heterocycles. The number of nitrogens with one attached hydrogen (secondary N) is 1. The molecule has 0 aromatic rings. The summed E-state index contributed by atoms with van der Waals surface area (Å²) >= 11 is 1.92. The first-order valence-corrected chi connectivity index (χ1v) is 8.37. The van der Waals surface area contributed by atoms with Crippen molar-refractivity contribution in [1.29, 1.82) is 0 Å². The highest BCUT2D eigenvalue weighted by Gasteiger charge is 2.12. The molecule has 0 amide bonds. The fourth-order valence-electron chi connectivity index (χ4n) is 1.52. The van der Waals surface area contributed by atoms with E-state index < -0.39 is 6.10 Å². The van der Waals surface area contributed by atoms with Gasteiger partial charge >= 0.3 is 0 Å². The van der Waals surface area contributed by atoms with Crippen molar-refractivity contribution in [2.75, 3.05) is 31.7 Å². The van der Waals surface area contributed by atoms with Crippen LogP contribution >= 0.6 is 11.8 Å². The first-order valence-electron chi connectivity index (χ1n) is 6.97.